The summed E-state index contributed by atoms with van der Waals surface area (Å²) in [5.74, 6) is 1.56. The molecule has 0 radical (unpaired) electrons. The van der Waals surface area contributed by atoms with Crippen molar-refractivity contribution < 1.29 is 18.8 Å². The molecule has 1 aromatic carbocycles. The van der Waals surface area contributed by atoms with E-state index >= 15 is 0 Å². The van der Waals surface area contributed by atoms with Crippen LogP contribution in [0.4, 0.5) is 0 Å². The molecule has 0 aliphatic carbocycles. The van der Waals surface area contributed by atoms with Gasteiger partial charge in [0.05, 0.1) is 38.1 Å². The highest BCUT2D eigenvalue weighted by Crippen LogP contribution is 2.28. The Morgan fingerprint density at radius 2 is 1.97 bits per heavy atom. The van der Waals surface area contributed by atoms with Crippen LogP contribution >= 0.6 is 0 Å². The molecule has 1 fully saturated rings. The first-order valence-corrected chi connectivity index (χ1v) is 12.1. The molecule has 35 heavy (non-hydrogen) atoms. The Balaban J connectivity index is 1.11. The lowest BCUT2D eigenvalue weighted by atomic mass is 10.0. The third-order valence-corrected chi connectivity index (χ3v) is 7.01. The Hall–Kier alpha value is -3.24. The van der Waals surface area contributed by atoms with Crippen LogP contribution < -0.4 is 10.1 Å². The van der Waals surface area contributed by atoms with E-state index in [9.17, 15) is 4.79 Å². The molecule has 186 valence electrons. The molecule has 1 atom stereocenters. The fourth-order valence-electron chi connectivity index (χ4n) is 4.85. The number of hydrogen-bond acceptors (Lipinski definition) is 8. The number of likely N-dealkylation sites (tertiary alicyclic amines) is 1. The van der Waals surface area contributed by atoms with E-state index in [0.717, 1.165) is 66.4 Å². The monoisotopic (exact) mass is 480 g/mol. The van der Waals surface area contributed by atoms with Gasteiger partial charge >= 0.3 is 0 Å². The average Bonchev–Trinajstić information content (AvgIpc) is 3.42. The van der Waals surface area contributed by atoms with Gasteiger partial charge in [0.1, 0.15) is 23.3 Å². The maximum Gasteiger partial charge on any atom is 0.224 e. The van der Waals surface area contributed by atoms with Gasteiger partial charge in [0.25, 0.3) is 0 Å². The third kappa shape index (κ3) is 5.23. The second kappa shape index (κ2) is 10.2. The Morgan fingerprint density at radius 1 is 1.20 bits per heavy atom. The summed E-state index contributed by atoms with van der Waals surface area (Å²) in [4.78, 5) is 14.9. The Morgan fingerprint density at radius 3 is 2.66 bits per heavy atom. The largest absolute Gasteiger partial charge is 0.497 e. The predicted molar refractivity (Wildman–Crippen MR) is 127 cm³/mol. The Labute approximate surface area is 204 Å². The molecule has 4 heterocycles. The number of rotatable bonds is 7. The number of aryl methyl sites for hydroxylation is 2. The Kier molecular flexibility index (Phi) is 6.83. The lowest BCUT2D eigenvalue weighted by Crippen LogP contribution is -2.45. The normalized spacial score (nSPS) is 18.9. The summed E-state index contributed by atoms with van der Waals surface area (Å²) >= 11 is 0. The molecule has 3 aromatic rings. The lowest BCUT2D eigenvalue weighted by Gasteiger charge is -2.32. The number of carbonyl (C=O) groups is 1. The molecule has 5 rings (SSSR count). The predicted octanol–water partition coefficient (Wildman–Crippen LogP) is 2.49. The summed E-state index contributed by atoms with van der Waals surface area (Å²) in [5, 5.41) is 16.0. The molecule has 2 aromatic heterocycles. The van der Waals surface area contributed by atoms with E-state index in [2.05, 4.69) is 25.7 Å². The van der Waals surface area contributed by atoms with Crippen molar-refractivity contribution in [2.75, 3.05) is 20.2 Å². The van der Waals surface area contributed by atoms with Crippen LogP contribution in [-0.4, -0.2) is 57.2 Å². The standard InChI is InChI=1S/C25H32N6O4/c1-16-21(17(2)35-28-16)12-25(32)26-19-8-10-30(11-9-19)13-22-23-15-34-24(14-31(23)29-27-22)18-4-6-20(33-3)7-5-18/h4-7,19,24H,8-15H2,1-3H3,(H,26,32)/t24-/m0/s1. The maximum atomic E-state index is 12.5. The van der Waals surface area contributed by atoms with Crippen LogP contribution in [-0.2, 0) is 35.6 Å². The summed E-state index contributed by atoms with van der Waals surface area (Å²) in [6, 6.07) is 8.14. The number of nitrogens with zero attached hydrogens (tertiary/aromatic N) is 5. The SMILES string of the molecule is COc1ccc([C@@H]2Cn3nnc(CN4CCC(NC(=O)Cc5c(C)noc5C)CC4)c3CO2)cc1. The topological polar surface area (TPSA) is 108 Å². The number of piperidine rings is 1. The van der Waals surface area contributed by atoms with Crippen LogP contribution in [0.15, 0.2) is 28.8 Å². The third-order valence-electron chi connectivity index (χ3n) is 7.01. The number of methoxy groups -OCH3 is 1. The van der Waals surface area contributed by atoms with Gasteiger partial charge in [0, 0.05) is 31.2 Å². The zero-order chi connectivity index (χ0) is 24.4. The summed E-state index contributed by atoms with van der Waals surface area (Å²) in [7, 11) is 1.66. The molecule has 0 spiro atoms. The minimum atomic E-state index is -0.0484. The quantitative estimate of drug-likeness (QED) is 0.550. The van der Waals surface area contributed by atoms with Gasteiger partial charge in [-0.2, -0.15) is 0 Å². The molecule has 10 heteroatoms. The molecular weight excluding hydrogens is 448 g/mol. The number of nitrogens with one attached hydrogen (secondary N) is 1. The second-order valence-corrected chi connectivity index (χ2v) is 9.34. The van der Waals surface area contributed by atoms with E-state index in [-0.39, 0.29) is 18.1 Å². The summed E-state index contributed by atoms with van der Waals surface area (Å²) in [6.07, 6.45) is 2.08. The molecule has 0 unspecified atom stereocenters. The van der Waals surface area contributed by atoms with Crippen molar-refractivity contribution in [2.45, 2.75) is 65.0 Å². The zero-order valence-electron chi connectivity index (χ0n) is 20.5. The van der Waals surface area contributed by atoms with Gasteiger partial charge in [-0.15, -0.1) is 5.10 Å². The van der Waals surface area contributed by atoms with Crippen molar-refractivity contribution >= 4 is 5.91 Å². The van der Waals surface area contributed by atoms with Crippen LogP contribution in [0.5, 0.6) is 5.75 Å². The van der Waals surface area contributed by atoms with Gasteiger partial charge in [0.2, 0.25) is 5.91 Å². The summed E-state index contributed by atoms with van der Waals surface area (Å²) in [6.45, 7) is 7.39. The van der Waals surface area contributed by atoms with E-state index in [1.54, 1.807) is 7.11 Å². The molecule has 1 N–H and O–H groups in total. The molecule has 1 saturated heterocycles. The molecular formula is C25H32N6O4. The number of amides is 1. The number of ether oxygens (including phenoxy) is 2. The van der Waals surface area contributed by atoms with Gasteiger partial charge in [-0.1, -0.05) is 22.5 Å². The van der Waals surface area contributed by atoms with Crippen molar-refractivity contribution in [3.8, 4) is 5.75 Å². The first kappa shape index (κ1) is 23.5. The van der Waals surface area contributed by atoms with Crippen LogP contribution in [0.1, 0.15) is 52.9 Å². The smallest absolute Gasteiger partial charge is 0.224 e. The number of aromatic nitrogens is 4. The van der Waals surface area contributed by atoms with Gasteiger partial charge in [-0.25, -0.2) is 4.68 Å². The highest BCUT2D eigenvalue weighted by atomic mass is 16.5. The van der Waals surface area contributed by atoms with Crippen LogP contribution in [0, 0.1) is 13.8 Å². The molecule has 2 aliphatic heterocycles. The van der Waals surface area contributed by atoms with Crippen molar-refractivity contribution in [1.29, 1.82) is 0 Å². The number of hydrogen-bond donors (Lipinski definition) is 1. The molecule has 0 saturated carbocycles. The number of carbonyl (C=O) groups excluding carboxylic acids is 1. The summed E-state index contributed by atoms with van der Waals surface area (Å²) < 4.78 is 18.5. The van der Waals surface area contributed by atoms with E-state index in [4.69, 9.17) is 14.0 Å². The van der Waals surface area contributed by atoms with Gasteiger partial charge < -0.3 is 19.3 Å². The van der Waals surface area contributed by atoms with Crippen molar-refractivity contribution in [3.05, 3.63) is 58.2 Å². The van der Waals surface area contributed by atoms with Crippen molar-refractivity contribution in [1.82, 2.24) is 30.4 Å². The van der Waals surface area contributed by atoms with Gasteiger partial charge in [-0.05, 0) is 44.4 Å². The van der Waals surface area contributed by atoms with Crippen LogP contribution in [0.25, 0.3) is 0 Å². The van der Waals surface area contributed by atoms with E-state index in [0.29, 0.717) is 25.3 Å². The minimum Gasteiger partial charge on any atom is -0.497 e. The summed E-state index contributed by atoms with van der Waals surface area (Å²) in [5.41, 5.74) is 4.79. The number of benzene rings is 1. The Bertz CT molecular complexity index is 1140. The van der Waals surface area contributed by atoms with E-state index in [1.165, 1.54) is 0 Å². The first-order chi connectivity index (χ1) is 17.0. The molecule has 10 nitrogen and oxygen atoms in total. The van der Waals surface area contributed by atoms with E-state index < -0.39 is 0 Å². The fraction of sp³-hybridized carbons (Fsp3) is 0.520. The lowest BCUT2D eigenvalue weighted by molar-refractivity contribution is -0.121. The highest BCUT2D eigenvalue weighted by Gasteiger charge is 2.27. The first-order valence-electron chi connectivity index (χ1n) is 12.1. The second-order valence-electron chi connectivity index (χ2n) is 9.34. The zero-order valence-corrected chi connectivity index (χ0v) is 20.5. The highest BCUT2D eigenvalue weighted by molar-refractivity contribution is 5.79. The van der Waals surface area contributed by atoms with Crippen LogP contribution in [0.3, 0.4) is 0 Å². The van der Waals surface area contributed by atoms with Crippen molar-refractivity contribution in [2.24, 2.45) is 0 Å². The number of fused-ring (bicyclic) bond motifs is 1. The van der Waals surface area contributed by atoms with Gasteiger partial charge in [0.15, 0.2) is 0 Å². The van der Waals surface area contributed by atoms with Crippen molar-refractivity contribution in [3.63, 3.8) is 0 Å². The molecule has 0 bridgehead atoms. The fourth-order valence-corrected chi connectivity index (χ4v) is 4.85. The molecule has 1 amide bonds. The maximum absolute atomic E-state index is 12.5. The van der Waals surface area contributed by atoms with Gasteiger partial charge in [-0.3, -0.25) is 9.69 Å². The average molecular weight is 481 g/mol. The molecule has 2 aliphatic rings. The van der Waals surface area contributed by atoms with E-state index in [1.807, 2.05) is 42.8 Å². The minimum absolute atomic E-state index is 0.0220. The van der Waals surface area contributed by atoms with Crippen LogP contribution in [0.2, 0.25) is 0 Å².